The van der Waals surface area contributed by atoms with E-state index in [1.165, 1.54) is 11.0 Å². The molecule has 1 fully saturated rings. The number of ketones is 2. The minimum atomic E-state index is -2.65. The van der Waals surface area contributed by atoms with Crippen LogP contribution in [0.4, 0.5) is 0 Å². The topological polar surface area (TPSA) is 161 Å². The molecule has 4 atom stereocenters. The molecular formula is C30H30N2O7. The molecular weight excluding hydrogens is 500 g/mol. The van der Waals surface area contributed by atoms with Crippen LogP contribution in [0.1, 0.15) is 34.2 Å². The number of aryl methyl sites for hydroxylation is 1. The van der Waals surface area contributed by atoms with Crippen LogP contribution in [-0.4, -0.2) is 68.5 Å². The van der Waals surface area contributed by atoms with Crippen molar-refractivity contribution in [3.63, 3.8) is 0 Å². The van der Waals surface area contributed by atoms with E-state index in [1.807, 2.05) is 43.3 Å². The van der Waals surface area contributed by atoms with Crippen LogP contribution in [0.3, 0.4) is 0 Å². The van der Waals surface area contributed by atoms with E-state index < -0.39 is 58.0 Å². The summed E-state index contributed by atoms with van der Waals surface area (Å²) in [6, 6.07) is 9.93. The third-order valence-corrected chi connectivity index (χ3v) is 8.17. The van der Waals surface area contributed by atoms with Crippen LogP contribution in [0.25, 0.3) is 17.9 Å². The molecule has 202 valence electrons. The minimum absolute atomic E-state index is 0.0442. The smallest absolute Gasteiger partial charge is 0.255 e. The minimum Gasteiger partial charge on any atom is -0.508 e. The number of phenols is 1. The summed E-state index contributed by atoms with van der Waals surface area (Å²) in [5.74, 6) is -6.65. The van der Waals surface area contributed by atoms with Gasteiger partial charge in [-0.15, -0.1) is 0 Å². The number of aliphatic hydroxyl groups excluding tert-OH is 2. The van der Waals surface area contributed by atoms with Crippen LogP contribution in [0, 0.1) is 18.8 Å². The van der Waals surface area contributed by atoms with Crippen molar-refractivity contribution in [3.05, 3.63) is 81.1 Å². The number of nitrogens with two attached hydrogens (primary N) is 1. The van der Waals surface area contributed by atoms with E-state index in [1.54, 1.807) is 20.2 Å². The van der Waals surface area contributed by atoms with Gasteiger partial charge in [0.25, 0.3) is 5.91 Å². The molecule has 6 N–H and O–H groups in total. The van der Waals surface area contributed by atoms with Crippen molar-refractivity contribution in [2.75, 3.05) is 14.1 Å². The first-order valence-corrected chi connectivity index (χ1v) is 12.6. The van der Waals surface area contributed by atoms with Gasteiger partial charge in [-0.25, -0.2) is 0 Å². The van der Waals surface area contributed by atoms with Gasteiger partial charge in [0.1, 0.15) is 22.8 Å². The lowest BCUT2D eigenvalue weighted by Gasteiger charge is -2.50. The summed E-state index contributed by atoms with van der Waals surface area (Å²) in [7, 11) is 3.14. The fourth-order valence-corrected chi connectivity index (χ4v) is 6.29. The largest absolute Gasteiger partial charge is 0.508 e. The lowest BCUT2D eigenvalue weighted by Crippen LogP contribution is -2.65. The van der Waals surface area contributed by atoms with E-state index in [-0.39, 0.29) is 29.7 Å². The first-order chi connectivity index (χ1) is 18.4. The Morgan fingerprint density at radius 3 is 2.33 bits per heavy atom. The number of phenolic OH excluding ortho intramolecular Hbond substituents is 1. The number of hydrogen-bond acceptors (Lipinski definition) is 8. The summed E-state index contributed by atoms with van der Waals surface area (Å²) in [6.45, 7) is 1.99. The van der Waals surface area contributed by atoms with Crippen molar-refractivity contribution >= 4 is 35.4 Å². The molecule has 2 aromatic carbocycles. The van der Waals surface area contributed by atoms with E-state index in [0.717, 1.165) is 16.7 Å². The van der Waals surface area contributed by atoms with Gasteiger partial charge in [-0.1, -0.05) is 48.0 Å². The standard InChI is InChI=1S/C30H30N2O7/c1-14-4-6-15(7-5-14)8-9-16-10-11-20(33)22-18(16)12-17-13-19-24(32(2)3)26(35)23(29(31)38)28(37)30(19,39)27(36)21(17)25(22)34/h4-11,17,19,24,33-34,37,39H,12-13H2,1-3H3,(H2,31,38)/b9-8+/t17-,19-,24-,30-/m0/s1. The highest BCUT2D eigenvalue weighted by atomic mass is 16.3. The number of nitrogens with zero attached hydrogens (tertiary/aromatic N) is 1. The summed E-state index contributed by atoms with van der Waals surface area (Å²) >= 11 is 0. The molecule has 1 saturated carbocycles. The van der Waals surface area contributed by atoms with Crippen LogP contribution < -0.4 is 5.73 Å². The van der Waals surface area contributed by atoms with Crippen LogP contribution in [0.15, 0.2) is 53.3 Å². The molecule has 0 saturated heterocycles. The summed E-state index contributed by atoms with van der Waals surface area (Å²) in [5, 5.41) is 44.6. The number of amides is 1. The van der Waals surface area contributed by atoms with Gasteiger partial charge < -0.3 is 26.2 Å². The van der Waals surface area contributed by atoms with Crippen molar-refractivity contribution in [1.82, 2.24) is 4.90 Å². The number of likely N-dealkylation sites (N-methyl/N-ethyl adjacent to an activating group) is 1. The van der Waals surface area contributed by atoms with E-state index in [0.29, 0.717) is 5.56 Å². The Hall–Kier alpha value is -4.21. The second-order valence-corrected chi connectivity index (χ2v) is 10.7. The Balaban J connectivity index is 1.66. The normalized spacial score (nSPS) is 26.6. The van der Waals surface area contributed by atoms with Crippen molar-refractivity contribution in [2.45, 2.75) is 31.4 Å². The van der Waals surface area contributed by atoms with Crippen LogP contribution in [-0.2, 0) is 20.8 Å². The lowest BCUT2D eigenvalue weighted by atomic mass is 9.57. The number of carbonyl (C=O) groups is 3. The zero-order valence-corrected chi connectivity index (χ0v) is 21.8. The van der Waals surface area contributed by atoms with Gasteiger partial charge in [0.2, 0.25) is 5.78 Å². The van der Waals surface area contributed by atoms with Crippen molar-refractivity contribution < 1.29 is 34.8 Å². The lowest BCUT2D eigenvalue weighted by molar-refractivity contribution is -0.153. The second-order valence-electron chi connectivity index (χ2n) is 10.7. The van der Waals surface area contributed by atoms with E-state index in [4.69, 9.17) is 5.73 Å². The Morgan fingerprint density at radius 1 is 1.05 bits per heavy atom. The summed E-state index contributed by atoms with van der Waals surface area (Å²) < 4.78 is 0. The molecule has 3 aliphatic carbocycles. The van der Waals surface area contributed by atoms with Gasteiger partial charge in [-0.3, -0.25) is 19.3 Å². The maximum absolute atomic E-state index is 13.9. The second kappa shape index (κ2) is 9.21. The molecule has 0 heterocycles. The highest BCUT2D eigenvalue weighted by Gasteiger charge is 2.64. The van der Waals surface area contributed by atoms with Gasteiger partial charge in [-0.2, -0.15) is 0 Å². The molecule has 0 spiro atoms. The van der Waals surface area contributed by atoms with Crippen molar-refractivity contribution in [1.29, 1.82) is 0 Å². The van der Waals surface area contributed by atoms with Gasteiger partial charge in [0.05, 0.1) is 11.6 Å². The fraction of sp³-hybridized carbons (Fsp3) is 0.300. The number of primary amides is 1. The molecule has 3 aliphatic rings. The molecule has 5 rings (SSSR count). The van der Waals surface area contributed by atoms with E-state index >= 15 is 0 Å². The molecule has 9 heteroatoms. The number of Topliss-reactive ketones (excluding diaryl/α,β-unsaturated/α-hetero) is 2. The molecule has 1 amide bonds. The highest BCUT2D eigenvalue weighted by molar-refractivity contribution is 6.24. The number of carbonyl (C=O) groups excluding carboxylic acids is 3. The average Bonchev–Trinajstić information content (AvgIpc) is 2.86. The highest BCUT2D eigenvalue weighted by Crippen LogP contribution is 2.53. The van der Waals surface area contributed by atoms with Gasteiger partial charge >= 0.3 is 0 Å². The first kappa shape index (κ1) is 26.4. The number of fused-ring (bicyclic) bond motifs is 3. The number of rotatable bonds is 4. The summed E-state index contributed by atoms with van der Waals surface area (Å²) in [4.78, 5) is 40.6. The maximum atomic E-state index is 13.9. The Bertz CT molecular complexity index is 1520. The van der Waals surface area contributed by atoms with Crippen LogP contribution in [0.2, 0.25) is 0 Å². The summed E-state index contributed by atoms with van der Waals surface area (Å²) in [6.07, 6.45) is 4.05. The Kier molecular flexibility index (Phi) is 6.24. The SMILES string of the molecule is Cc1ccc(/C=C/c2ccc(O)c3c2C[C@H]2C[C@H]4[C@H](N(C)C)C(=O)C(C(N)=O)=C(O)[C@@]4(O)C(=O)C2=C3O)cc1. The first-order valence-electron chi connectivity index (χ1n) is 12.6. The number of hydrogen-bond donors (Lipinski definition) is 5. The van der Waals surface area contributed by atoms with Gasteiger partial charge in [-0.05, 0) is 62.5 Å². The van der Waals surface area contributed by atoms with E-state index in [2.05, 4.69) is 0 Å². The molecule has 39 heavy (non-hydrogen) atoms. The number of aliphatic hydroxyl groups is 3. The predicted octanol–water partition coefficient (Wildman–Crippen LogP) is 2.44. The van der Waals surface area contributed by atoms with Crippen molar-refractivity contribution in [2.24, 2.45) is 17.6 Å². The number of benzene rings is 2. The van der Waals surface area contributed by atoms with Crippen LogP contribution >= 0.6 is 0 Å². The Morgan fingerprint density at radius 2 is 1.72 bits per heavy atom. The van der Waals surface area contributed by atoms with Gasteiger partial charge in [0.15, 0.2) is 11.4 Å². The monoisotopic (exact) mass is 530 g/mol. The Labute approximate surface area is 225 Å². The molecule has 0 bridgehead atoms. The predicted molar refractivity (Wildman–Crippen MR) is 144 cm³/mol. The number of aromatic hydroxyl groups is 1. The zero-order chi connectivity index (χ0) is 28.4. The molecule has 2 aromatic rings. The maximum Gasteiger partial charge on any atom is 0.255 e. The van der Waals surface area contributed by atoms with E-state index in [9.17, 15) is 34.8 Å². The van der Waals surface area contributed by atoms with Crippen LogP contribution in [0.5, 0.6) is 5.75 Å². The third kappa shape index (κ3) is 3.88. The molecule has 9 nitrogen and oxygen atoms in total. The van der Waals surface area contributed by atoms with Crippen molar-refractivity contribution in [3.8, 4) is 5.75 Å². The summed E-state index contributed by atoms with van der Waals surface area (Å²) in [5.41, 5.74) is 5.19. The quantitative estimate of drug-likeness (QED) is 0.297. The molecule has 0 aromatic heterocycles. The zero-order valence-electron chi connectivity index (χ0n) is 21.8. The molecule has 0 unspecified atom stereocenters. The average molecular weight is 531 g/mol. The third-order valence-electron chi connectivity index (χ3n) is 8.17. The molecule has 0 aliphatic heterocycles. The fourth-order valence-electron chi connectivity index (χ4n) is 6.29. The molecule has 0 radical (unpaired) electrons. The van der Waals surface area contributed by atoms with Gasteiger partial charge in [0, 0.05) is 11.5 Å².